The van der Waals surface area contributed by atoms with Gasteiger partial charge in [0.15, 0.2) is 5.76 Å². The van der Waals surface area contributed by atoms with Gasteiger partial charge in [-0.25, -0.2) is 9.37 Å². The van der Waals surface area contributed by atoms with E-state index in [-0.39, 0.29) is 36.7 Å². The average molecular weight is 410 g/mol. The topological polar surface area (TPSA) is 41.3 Å². The summed E-state index contributed by atoms with van der Waals surface area (Å²) in [6, 6.07) is 16.9. The minimum absolute atomic E-state index is 0. The first-order chi connectivity index (χ1) is 12.3. The van der Waals surface area contributed by atoms with Crippen LogP contribution in [0.15, 0.2) is 65.2 Å². The van der Waals surface area contributed by atoms with Crippen molar-refractivity contribution in [3.05, 3.63) is 78.1 Å². The Balaban J connectivity index is 0.00000131. The van der Waals surface area contributed by atoms with Gasteiger partial charge < -0.3 is 9.73 Å². The van der Waals surface area contributed by atoms with Crippen molar-refractivity contribution in [1.29, 1.82) is 0 Å². The van der Waals surface area contributed by atoms with Gasteiger partial charge in [0.05, 0.1) is 12.7 Å². The first-order valence-electron chi connectivity index (χ1n) is 8.50. The van der Waals surface area contributed by atoms with E-state index in [1.807, 2.05) is 36.4 Å². The van der Waals surface area contributed by atoms with Crippen molar-refractivity contribution >= 4 is 24.8 Å². The van der Waals surface area contributed by atoms with Crippen LogP contribution >= 0.6 is 24.8 Å². The molecule has 1 N–H and O–H groups in total. The van der Waals surface area contributed by atoms with Crippen molar-refractivity contribution < 1.29 is 8.81 Å². The van der Waals surface area contributed by atoms with Gasteiger partial charge in [-0.1, -0.05) is 42.5 Å². The largest absolute Gasteiger partial charge is 0.439 e. The lowest BCUT2D eigenvalue weighted by molar-refractivity contribution is 0.140. The number of aromatic nitrogens is 1. The number of hydrogen-bond acceptors (Lipinski definition) is 4. The molecule has 27 heavy (non-hydrogen) atoms. The molecule has 0 amide bonds. The number of halogens is 3. The molecule has 0 aliphatic carbocycles. The van der Waals surface area contributed by atoms with Gasteiger partial charge in [-0.05, 0) is 17.7 Å². The van der Waals surface area contributed by atoms with Crippen LogP contribution in [0.3, 0.4) is 0 Å². The summed E-state index contributed by atoms with van der Waals surface area (Å²) in [5.74, 6) is 1.25. The molecule has 1 aliphatic rings. The second-order valence-electron chi connectivity index (χ2n) is 6.23. The Kier molecular flexibility index (Phi) is 7.80. The standard InChI is InChI=1S/C20H20FN3O.2ClH/c21-17-8-4-7-16(11-17)18-12-22-9-10-24(18)14-20-23-13-19(25-20)15-5-2-1-3-6-15;;/h1-8,11,13,18,22H,9-10,12,14H2;2*1H. The van der Waals surface area contributed by atoms with E-state index < -0.39 is 0 Å². The fraction of sp³-hybridized carbons (Fsp3) is 0.250. The predicted molar refractivity (Wildman–Crippen MR) is 109 cm³/mol. The van der Waals surface area contributed by atoms with E-state index in [9.17, 15) is 4.39 Å². The van der Waals surface area contributed by atoms with E-state index in [2.05, 4.69) is 15.2 Å². The zero-order chi connectivity index (χ0) is 17.1. The van der Waals surface area contributed by atoms with Crippen LogP contribution in [0.25, 0.3) is 11.3 Å². The molecule has 4 rings (SSSR count). The monoisotopic (exact) mass is 409 g/mol. The molecule has 7 heteroatoms. The molecule has 1 fully saturated rings. The van der Waals surface area contributed by atoms with Crippen LogP contribution in [-0.2, 0) is 6.54 Å². The summed E-state index contributed by atoms with van der Waals surface area (Å²) in [4.78, 5) is 6.71. The third kappa shape index (κ3) is 5.08. The second-order valence-corrected chi connectivity index (χ2v) is 6.23. The highest BCUT2D eigenvalue weighted by molar-refractivity contribution is 5.85. The summed E-state index contributed by atoms with van der Waals surface area (Å²) in [7, 11) is 0. The maximum absolute atomic E-state index is 13.6. The molecule has 144 valence electrons. The van der Waals surface area contributed by atoms with Crippen LogP contribution < -0.4 is 5.32 Å². The van der Waals surface area contributed by atoms with Crippen LogP contribution in [0.1, 0.15) is 17.5 Å². The lowest BCUT2D eigenvalue weighted by atomic mass is 10.0. The lowest BCUT2D eigenvalue weighted by Gasteiger charge is -2.35. The maximum atomic E-state index is 13.6. The van der Waals surface area contributed by atoms with Gasteiger partial charge in [-0.3, -0.25) is 4.90 Å². The lowest BCUT2D eigenvalue weighted by Crippen LogP contribution is -2.45. The number of rotatable bonds is 4. The predicted octanol–water partition coefficient (Wildman–Crippen LogP) is 4.47. The zero-order valence-corrected chi connectivity index (χ0v) is 16.3. The van der Waals surface area contributed by atoms with Gasteiger partial charge in [0.25, 0.3) is 0 Å². The Labute approximate surface area is 170 Å². The summed E-state index contributed by atoms with van der Waals surface area (Å²) in [6.45, 7) is 3.16. The second kappa shape index (κ2) is 9.85. The van der Waals surface area contributed by atoms with Crippen molar-refractivity contribution in [2.75, 3.05) is 19.6 Å². The molecule has 1 unspecified atom stereocenters. The van der Waals surface area contributed by atoms with Crippen molar-refractivity contribution in [3.63, 3.8) is 0 Å². The molecule has 0 saturated carbocycles. The maximum Gasteiger partial charge on any atom is 0.209 e. The van der Waals surface area contributed by atoms with Gasteiger partial charge in [0.2, 0.25) is 5.89 Å². The first kappa shape index (κ1) is 21.4. The fourth-order valence-corrected chi connectivity index (χ4v) is 3.27. The quantitative estimate of drug-likeness (QED) is 0.689. The molecular formula is C20H22Cl2FN3O. The highest BCUT2D eigenvalue weighted by atomic mass is 35.5. The molecule has 0 bridgehead atoms. The highest BCUT2D eigenvalue weighted by Crippen LogP contribution is 2.26. The fourth-order valence-electron chi connectivity index (χ4n) is 3.27. The summed E-state index contributed by atoms with van der Waals surface area (Å²) in [6.07, 6.45) is 1.77. The number of piperazine rings is 1. The van der Waals surface area contributed by atoms with Crippen molar-refractivity contribution in [1.82, 2.24) is 15.2 Å². The van der Waals surface area contributed by atoms with Crippen molar-refractivity contribution in [2.45, 2.75) is 12.6 Å². The Morgan fingerprint density at radius 2 is 1.93 bits per heavy atom. The normalized spacial score (nSPS) is 17.0. The number of hydrogen-bond donors (Lipinski definition) is 1. The van der Waals surface area contributed by atoms with Gasteiger partial charge in [0, 0.05) is 31.2 Å². The Bertz CT molecular complexity index is 844. The highest BCUT2D eigenvalue weighted by Gasteiger charge is 2.25. The summed E-state index contributed by atoms with van der Waals surface area (Å²) >= 11 is 0. The molecule has 1 aromatic heterocycles. The van der Waals surface area contributed by atoms with Gasteiger partial charge in [-0.15, -0.1) is 24.8 Å². The Morgan fingerprint density at radius 3 is 2.70 bits per heavy atom. The minimum Gasteiger partial charge on any atom is -0.439 e. The van der Waals surface area contributed by atoms with Crippen molar-refractivity contribution in [2.24, 2.45) is 0 Å². The molecule has 4 nitrogen and oxygen atoms in total. The van der Waals surface area contributed by atoms with E-state index in [0.717, 1.165) is 36.5 Å². The molecule has 3 aromatic rings. The summed E-state index contributed by atoms with van der Waals surface area (Å²) in [5, 5.41) is 3.38. The third-order valence-electron chi connectivity index (χ3n) is 4.54. The van der Waals surface area contributed by atoms with Crippen LogP contribution in [-0.4, -0.2) is 29.5 Å². The number of nitrogens with zero attached hydrogens (tertiary/aromatic N) is 2. The molecular weight excluding hydrogens is 388 g/mol. The molecule has 1 atom stereocenters. The third-order valence-corrected chi connectivity index (χ3v) is 4.54. The van der Waals surface area contributed by atoms with E-state index in [1.54, 1.807) is 18.3 Å². The first-order valence-corrected chi connectivity index (χ1v) is 8.50. The number of benzene rings is 2. The van der Waals surface area contributed by atoms with Gasteiger partial charge >= 0.3 is 0 Å². The molecule has 0 spiro atoms. The molecule has 0 radical (unpaired) electrons. The van der Waals surface area contributed by atoms with Crippen molar-refractivity contribution in [3.8, 4) is 11.3 Å². The van der Waals surface area contributed by atoms with Gasteiger partial charge in [0.1, 0.15) is 5.82 Å². The SMILES string of the molecule is Cl.Cl.Fc1cccc(C2CNCCN2Cc2ncc(-c3ccccc3)o2)c1. The summed E-state index contributed by atoms with van der Waals surface area (Å²) < 4.78 is 19.5. The van der Waals surface area contributed by atoms with E-state index in [0.29, 0.717) is 12.4 Å². The summed E-state index contributed by atoms with van der Waals surface area (Å²) in [5.41, 5.74) is 1.99. The number of oxazole rings is 1. The van der Waals surface area contributed by atoms with Gasteiger partial charge in [-0.2, -0.15) is 0 Å². The Morgan fingerprint density at radius 1 is 1.11 bits per heavy atom. The molecule has 2 aromatic carbocycles. The van der Waals surface area contributed by atoms with Crippen LogP contribution in [0, 0.1) is 5.82 Å². The van der Waals surface area contributed by atoms with Crippen LogP contribution in [0.2, 0.25) is 0 Å². The van der Waals surface area contributed by atoms with Crippen LogP contribution in [0.4, 0.5) is 4.39 Å². The van der Waals surface area contributed by atoms with Crippen LogP contribution in [0.5, 0.6) is 0 Å². The molecule has 2 heterocycles. The minimum atomic E-state index is -0.203. The number of nitrogens with one attached hydrogen (secondary N) is 1. The smallest absolute Gasteiger partial charge is 0.209 e. The van der Waals surface area contributed by atoms with E-state index in [1.165, 1.54) is 6.07 Å². The molecule has 1 aliphatic heterocycles. The zero-order valence-electron chi connectivity index (χ0n) is 14.7. The van der Waals surface area contributed by atoms with E-state index >= 15 is 0 Å². The van der Waals surface area contributed by atoms with E-state index in [4.69, 9.17) is 4.42 Å². The average Bonchev–Trinajstić information content (AvgIpc) is 3.11. The Hall–Kier alpha value is -1.92. The molecule has 1 saturated heterocycles.